The van der Waals surface area contributed by atoms with Gasteiger partial charge in [0.25, 0.3) is 5.91 Å². The van der Waals surface area contributed by atoms with E-state index in [1.807, 2.05) is 0 Å². The third kappa shape index (κ3) is 4.81. The Kier molecular flexibility index (Phi) is 5.94. The van der Waals surface area contributed by atoms with Gasteiger partial charge in [-0.05, 0) is 36.4 Å². The number of rotatable bonds is 7. The van der Waals surface area contributed by atoms with E-state index in [1.165, 1.54) is 32.6 Å². The van der Waals surface area contributed by atoms with Gasteiger partial charge in [-0.15, -0.1) is 0 Å². The molecule has 2 aromatic carbocycles. The highest BCUT2D eigenvalue weighted by molar-refractivity contribution is 5.95. The zero-order valence-electron chi connectivity index (χ0n) is 15.7. The molecule has 0 spiro atoms. The molecule has 1 heterocycles. The number of methoxy groups -OCH3 is 2. The topological polar surface area (TPSA) is 110 Å². The fourth-order valence-electron chi connectivity index (χ4n) is 2.51. The minimum atomic E-state index is -0.992. The summed E-state index contributed by atoms with van der Waals surface area (Å²) in [5.41, 5.74) is 3.66. The highest BCUT2D eigenvalue weighted by atomic mass is 16.5. The van der Waals surface area contributed by atoms with E-state index in [2.05, 4.69) is 10.5 Å². The molecule has 2 N–H and O–H groups in total. The van der Waals surface area contributed by atoms with E-state index in [-0.39, 0.29) is 5.56 Å². The van der Waals surface area contributed by atoms with Crippen LogP contribution in [-0.2, 0) is 0 Å². The summed E-state index contributed by atoms with van der Waals surface area (Å²) in [6, 6.07) is 14.5. The lowest BCUT2D eigenvalue weighted by molar-refractivity contribution is 0.0696. The Morgan fingerprint density at radius 2 is 1.62 bits per heavy atom. The maximum absolute atomic E-state index is 12.3. The summed E-state index contributed by atoms with van der Waals surface area (Å²) in [5.74, 6) is 0.520. The van der Waals surface area contributed by atoms with Gasteiger partial charge in [0, 0.05) is 17.2 Å². The van der Waals surface area contributed by atoms with Crippen LogP contribution in [0.3, 0.4) is 0 Å². The Labute approximate surface area is 166 Å². The van der Waals surface area contributed by atoms with Gasteiger partial charge in [0.05, 0.1) is 26.0 Å². The number of amides is 1. The molecule has 0 bridgehead atoms. The van der Waals surface area contributed by atoms with E-state index >= 15 is 0 Å². The number of nitrogens with one attached hydrogen (secondary N) is 1. The molecule has 0 aliphatic carbocycles. The summed E-state index contributed by atoms with van der Waals surface area (Å²) < 4.78 is 15.9. The highest BCUT2D eigenvalue weighted by Gasteiger charge is 2.10. The molecule has 0 aliphatic heterocycles. The first kappa shape index (κ1) is 19.7. The van der Waals surface area contributed by atoms with Gasteiger partial charge in [0.15, 0.2) is 0 Å². The van der Waals surface area contributed by atoms with Gasteiger partial charge in [0.1, 0.15) is 23.0 Å². The van der Waals surface area contributed by atoms with Gasteiger partial charge in [-0.25, -0.2) is 10.2 Å². The van der Waals surface area contributed by atoms with Crippen molar-refractivity contribution in [3.05, 3.63) is 71.5 Å². The number of carbonyl (C=O) groups excluding carboxylic acids is 1. The maximum Gasteiger partial charge on any atom is 0.335 e. The monoisotopic (exact) mass is 394 g/mol. The lowest BCUT2D eigenvalue weighted by Gasteiger charge is -2.07. The summed E-state index contributed by atoms with van der Waals surface area (Å²) in [6.07, 6.45) is 1.37. The van der Waals surface area contributed by atoms with E-state index in [0.29, 0.717) is 28.6 Å². The van der Waals surface area contributed by atoms with Crippen LogP contribution in [0, 0.1) is 0 Å². The van der Waals surface area contributed by atoms with E-state index in [4.69, 9.17) is 19.0 Å². The fraction of sp³-hybridized carbons (Fsp3) is 0.0952. The smallest absolute Gasteiger partial charge is 0.335 e. The average Bonchev–Trinajstić information content (AvgIpc) is 3.22. The van der Waals surface area contributed by atoms with Gasteiger partial charge in [-0.3, -0.25) is 4.79 Å². The van der Waals surface area contributed by atoms with Crippen LogP contribution >= 0.6 is 0 Å². The number of furan rings is 1. The number of nitrogens with zero attached hydrogens (tertiary/aromatic N) is 1. The zero-order chi connectivity index (χ0) is 20.8. The summed E-state index contributed by atoms with van der Waals surface area (Å²) >= 11 is 0. The van der Waals surface area contributed by atoms with Crippen molar-refractivity contribution in [2.24, 2.45) is 5.10 Å². The van der Waals surface area contributed by atoms with E-state index in [9.17, 15) is 9.59 Å². The molecular weight excluding hydrogens is 376 g/mol. The molecule has 0 fully saturated rings. The van der Waals surface area contributed by atoms with Crippen molar-refractivity contribution >= 4 is 18.1 Å². The van der Waals surface area contributed by atoms with Crippen molar-refractivity contribution in [2.45, 2.75) is 0 Å². The molecule has 0 atom stereocenters. The number of hydrogen-bond acceptors (Lipinski definition) is 6. The number of carboxylic acids is 1. The largest absolute Gasteiger partial charge is 0.497 e. The molecule has 8 heteroatoms. The van der Waals surface area contributed by atoms with Gasteiger partial charge < -0.3 is 19.0 Å². The summed E-state index contributed by atoms with van der Waals surface area (Å²) in [5, 5.41) is 12.8. The third-order valence-corrected chi connectivity index (χ3v) is 4.01. The second-order valence-corrected chi connectivity index (χ2v) is 5.88. The molecule has 0 saturated heterocycles. The molecule has 0 aliphatic rings. The van der Waals surface area contributed by atoms with Crippen molar-refractivity contribution in [1.29, 1.82) is 0 Å². The number of aromatic carboxylic acids is 1. The number of carbonyl (C=O) groups is 2. The van der Waals surface area contributed by atoms with E-state index in [1.54, 1.807) is 42.5 Å². The normalized spacial score (nSPS) is 10.7. The highest BCUT2D eigenvalue weighted by Crippen LogP contribution is 2.23. The van der Waals surface area contributed by atoms with Crippen molar-refractivity contribution in [2.75, 3.05) is 14.2 Å². The number of carboxylic acid groups (broad SMARTS) is 1. The zero-order valence-corrected chi connectivity index (χ0v) is 15.7. The third-order valence-electron chi connectivity index (χ3n) is 4.01. The number of hydrazone groups is 1. The fourth-order valence-corrected chi connectivity index (χ4v) is 2.51. The summed E-state index contributed by atoms with van der Waals surface area (Å²) in [7, 11) is 3.00. The van der Waals surface area contributed by atoms with Crippen LogP contribution in [-0.4, -0.2) is 37.4 Å². The molecule has 1 amide bonds. The molecular formula is C21H18N2O6. The first-order chi connectivity index (χ1) is 14.0. The van der Waals surface area contributed by atoms with Crippen molar-refractivity contribution in [1.82, 2.24) is 5.43 Å². The molecule has 0 radical (unpaired) electrons. The number of ether oxygens (including phenoxy) is 2. The standard InChI is InChI=1S/C21H18N2O6/c1-27-17-9-15(10-18(11-17)28-2)20(24)23-22-12-16-7-8-19(29-16)13-3-5-14(6-4-13)21(25)26/h3-12H,1-2H3,(H,23,24)(H,25,26)/b22-12-. The molecule has 0 unspecified atom stereocenters. The second-order valence-electron chi connectivity index (χ2n) is 5.88. The summed E-state index contributed by atoms with van der Waals surface area (Å²) in [6.45, 7) is 0. The minimum Gasteiger partial charge on any atom is -0.497 e. The first-order valence-electron chi connectivity index (χ1n) is 8.50. The van der Waals surface area contributed by atoms with Crippen molar-refractivity contribution in [3.63, 3.8) is 0 Å². The van der Waals surface area contributed by atoms with Gasteiger partial charge in [-0.1, -0.05) is 12.1 Å². The van der Waals surface area contributed by atoms with Gasteiger partial charge >= 0.3 is 5.97 Å². The Balaban J connectivity index is 1.67. The van der Waals surface area contributed by atoms with Crippen LogP contribution in [0.5, 0.6) is 11.5 Å². The molecule has 8 nitrogen and oxygen atoms in total. The van der Waals surface area contributed by atoms with Crippen LogP contribution < -0.4 is 14.9 Å². The van der Waals surface area contributed by atoms with E-state index in [0.717, 1.165) is 5.56 Å². The second kappa shape index (κ2) is 8.75. The molecule has 148 valence electrons. The van der Waals surface area contributed by atoms with Gasteiger partial charge in [0.2, 0.25) is 0 Å². The molecule has 29 heavy (non-hydrogen) atoms. The summed E-state index contributed by atoms with van der Waals surface area (Å²) in [4.78, 5) is 23.2. The first-order valence-corrected chi connectivity index (χ1v) is 8.50. The Morgan fingerprint density at radius 3 is 2.21 bits per heavy atom. The maximum atomic E-state index is 12.3. The number of benzene rings is 2. The Bertz CT molecular complexity index is 1030. The van der Waals surface area contributed by atoms with Crippen LogP contribution in [0.4, 0.5) is 0 Å². The predicted molar refractivity (Wildman–Crippen MR) is 106 cm³/mol. The minimum absolute atomic E-state index is 0.193. The Hall–Kier alpha value is -4.07. The van der Waals surface area contributed by atoms with E-state index < -0.39 is 11.9 Å². The van der Waals surface area contributed by atoms with Gasteiger partial charge in [-0.2, -0.15) is 5.10 Å². The van der Waals surface area contributed by atoms with Crippen LogP contribution in [0.1, 0.15) is 26.5 Å². The van der Waals surface area contributed by atoms with Crippen molar-refractivity contribution < 1.29 is 28.6 Å². The quantitative estimate of drug-likeness (QED) is 0.469. The molecule has 0 saturated carbocycles. The van der Waals surface area contributed by atoms with Crippen LogP contribution in [0.25, 0.3) is 11.3 Å². The number of hydrogen-bond donors (Lipinski definition) is 2. The molecule has 3 rings (SSSR count). The predicted octanol–water partition coefficient (Wildman–Crippen LogP) is 3.43. The lowest BCUT2D eigenvalue weighted by atomic mass is 10.1. The lowest BCUT2D eigenvalue weighted by Crippen LogP contribution is -2.17. The average molecular weight is 394 g/mol. The molecule has 1 aromatic heterocycles. The van der Waals surface area contributed by atoms with Crippen LogP contribution in [0.15, 0.2) is 64.1 Å². The SMILES string of the molecule is COc1cc(OC)cc(C(=O)N/N=C\c2ccc(-c3ccc(C(=O)O)cc3)o2)c1. The Morgan fingerprint density at radius 1 is 0.966 bits per heavy atom. The van der Waals surface area contributed by atoms with Crippen molar-refractivity contribution in [3.8, 4) is 22.8 Å². The molecule has 3 aromatic rings. The van der Waals surface area contributed by atoms with Crippen LogP contribution in [0.2, 0.25) is 0 Å².